The van der Waals surface area contributed by atoms with Gasteiger partial charge in [-0.3, -0.25) is 0 Å². The molecular weight excluding hydrogens is 298 g/mol. The lowest BCUT2D eigenvalue weighted by molar-refractivity contribution is 0.240. The molecule has 0 aliphatic carbocycles. The predicted octanol–water partition coefficient (Wildman–Crippen LogP) is 3.59. The molecule has 1 fully saturated rings. The average molecular weight is 319 g/mol. The summed E-state index contributed by atoms with van der Waals surface area (Å²) in [5.41, 5.74) is 2.67. The molecule has 0 saturated carbocycles. The maximum absolute atomic E-state index is 5.44. The fourth-order valence-electron chi connectivity index (χ4n) is 3.89. The van der Waals surface area contributed by atoms with E-state index in [2.05, 4.69) is 76.1 Å². The van der Waals surface area contributed by atoms with E-state index in [0.717, 1.165) is 25.4 Å². The lowest BCUT2D eigenvalue weighted by Gasteiger charge is -2.36. The van der Waals surface area contributed by atoms with Crippen LogP contribution in [0.1, 0.15) is 35.3 Å². The summed E-state index contributed by atoms with van der Waals surface area (Å²) >= 11 is 0. The van der Waals surface area contributed by atoms with E-state index in [4.69, 9.17) is 4.52 Å². The first-order chi connectivity index (χ1) is 11.9. The number of hydrogen-bond acceptors (Lipinski definition) is 4. The highest BCUT2D eigenvalue weighted by Crippen LogP contribution is 2.42. The molecule has 1 aromatic heterocycles. The fourth-order valence-corrected chi connectivity index (χ4v) is 3.89. The smallest absolute Gasteiger partial charge is 0.229 e. The average Bonchev–Trinajstić information content (AvgIpc) is 3.19. The van der Waals surface area contributed by atoms with Crippen molar-refractivity contribution in [2.24, 2.45) is 5.92 Å². The molecule has 1 saturated heterocycles. The van der Waals surface area contributed by atoms with Gasteiger partial charge in [-0.2, -0.15) is 4.98 Å². The summed E-state index contributed by atoms with van der Waals surface area (Å²) in [5.74, 6) is 1.72. The third kappa shape index (κ3) is 2.97. The fraction of sp³-hybridized carbons (Fsp3) is 0.300. The molecule has 122 valence electrons. The van der Waals surface area contributed by atoms with Crippen molar-refractivity contribution in [1.29, 1.82) is 0 Å². The molecule has 4 heteroatoms. The molecule has 24 heavy (non-hydrogen) atoms. The van der Waals surface area contributed by atoms with Gasteiger partial charge in [0.2, 0.25) is 5.89 Å². The number of rotatable bonds is 4. The topological polar surface area (TPSA) is 51.0 Å². The molecule has 1 aliphatic heterocycles. The first-order valence-corrected chi connectivity index (χ1v) is 8.50. The van der Waals surface area contributed by atoms with Crippen LogP contribution >= 0.6 is 0 Å². The van der Waals surface area contributed by atoms with Crippen molar-refractivity contribution in [3.63, 3.8) is 0 Å². The van der Waals surface area contributed by atoms with Crippen LogP contribution in [-0.2, 0) is 0 Å². The van der Waals surface area contributed by atoms with E-state index < -0.39 is 0 Å². The predicted molar refractivity (Wildman–Crippen MR) is 92.7 cm³/mol. The Kier molecular flexibility index (Phi) is 4.38. The minimum absolute atomic E-state index is 0.277. The van der Waals surface area contributed by atoms with Crippen molar-refractivity contribution >= 4 is 0 Å². The van der Waals surface area contributed by atoms with Crippen LogP contribution in [0.15, 0.2) is 71.5 Å². The van der Waals surface area contributed by atoms with Crippen LogP contribution in [-0.4, -0.2) is 23.2 Å². The molecule has 2 aromatic carbocycles. The summed E-state index contributed by atoms with van der Waals surface area (Å²) in [7, 11) is 0. The molecule has 2 unspecified atom stereocenters. The van der Waals surface area contributed by atoms with Gasteiger partial charge in [-0.05, 0) is 36.6 Å². The third-order valence-electron chi connectivity index (χ3n) is 4.97. The highest BCUT2D eigenvalue weighted by molar-refractivity contribution is 5.34. The zero-order valence-electron chi connectivity index (χ0n) is 13.5. The van der Waals surface area contributed by atoms with Crippen molar-refractivity contribution in [3.05, 3.63) is 84.0 Å². The molecule has 2 heterocycles. The van der Waals surface area contributed by atoms with Gasteiger partial charge in [0.15, 0.2) is 6.33 Å². The molecular formula is C20H21N3O. The summed E-state index contributed by atoms with van der Waals surface area (Å²) in [6.45, 7) is 1.93. The summed E-state index contributed by atoms with van der Waals surface area (Å²) < 4.78 is 5.44. The zero-order valence-corrected chi connectivity index (χ0v) is 13.5. The Hall–Kier alpha value is -2.46. The largest absolute Gasteiger partial charge is 0.339 e. The Bertz CT molecular complexity index is 704. The van der Waals surface area contributed by atoms with Crippen LogP contribution in [0.25, 0.3) is 0 Å². The van der Waals surface area contributed by atoms with Crippen LogP contribution in [0.3, 0.4) is 0 Å². The number of piperidine rings is 1. The highest BCUT2D eigenvalue weighted by Gasteiger charge is 2.37. The summed E-state index contributed by atoms with van der Waals surface area (Å²) in [6.07, 6.45) is 2.53. The second kappa shape index (κ2) is 6.97. The van der Waals surface area contributed by atoms with Gasteiger partial charge in [0.25, 0.3) is 0 Å². The van der Waals surface area contributed by atoms with Gasteiger partial charge in [0.05, 0.1) is 0 Å². The van der Waals surface area contributed by atoms with E-state index in [1.165, 1.54) is 17.5 Å². The van der Waals surface area contributed by atoms with Gasteiger partial charge in [0.1, 0.15) is 0 Å². The minimum atomic E-state index is 0.277. The summed E-state index contributed by atoms with van der Waals surface area (Å²) in [6, 6.07) is 21.5. The second-order valence-corrected chi connectivity index (χ2v) is 6.34. The maximum atomic E-state index is 5.44. The van der Waals surface area contributed by atoms with E-state index in [9.17, 15) is 0 Å². The van der Waals surface area contributed by atoms with Crippen LogP contribution in [0.4, 0.5) is 0 Å². The number of aromatic nitrogens is 2. The first kappa shape index (κ1) is 15.1. The number of hydrogen-bond donors (Lipinski definition) is 1. The van der Waals surface area contributed by atoms with Gasteiger partial charge in [-0.25, -0.2) is 0 Å². The number of benzene rings is 2. The molecule has 3 aromatic rings. The number of nitrogens with zero attached hydrogens (tertiary/aromatic N) is 2. The Balaban J connectivity index is 1.77. The molecule has 1 aliphatic rings. The zero-order chi connectivity index (χ0) is 16.2. The van der Waals surface area contributed by atoms with Gasteiger partial charge < -0.3 is 9.84 Å². The van der Waals surface area contributed by atoms with Crippen molar-refractivity contribution in [2.45, 2.75) is 18.3 Å². The SMILES string of the molecule is c1ccc(C(c2ccccc2)C2CNCCC2c2ncno2)cc1. The van der Waals surface area contributed by atoms with Crippen LogP contribution in [0, 0.1) is 5.92 Å². The molecule has 4 rings (SSSR count). The van der Waals surface area contributed by atoms with Gasteiger partial charge >= 0.3 is 0 Å². The van der Waals surface area contributed by atoms with Gasteiger partial charge in [-0.15, -0.1) is 0 Å². The molecule has 0 radical (unpaired) electrons. The van der Waals surface area contributed by atoms with Crippen molar-refractivity contribution in [3.8, 4) is 0 Å². The summed E-state index contributed by atoms with van der Waals surface area (Å²) in [4.78, 5) is 4.35. The molecule has 0 spiro atoms. The molecule has 2 atom stereocenters. The highest BCUT2D eigenvalue weighted by atomic mass is 16.5. The Labute approximate surface area is 141 Å². The summed E-state index contributed by atoms with van der Waals surface area (Å²) in [5, 5.41) is 7.39. The van der Waals surface area contributed by atoms with E-state index >= 15 is 0 Å². The Morgan fingerprint density at radius 2 is 1.62 bits per heavy atom. The molecule has 0 bridgehead atoms. The van der Waals surface area contributed by atoms with Crippen molar-refractivity contribution in [1.82, 2.24) is 15.5 Å². The standard InChI is InChI=1S/C20H21N3O/c1-3-7-15(8-4-1)19(16-9-5-2-6-10-16)18-13-21-12-11-17(18)20-22-14-23-24-20/h1-10,14,17-19,21H,11-13H2. The van der Waals surface area contributed by atoms with Crippen LogP contribution < -0.4 is 5.32 Å². The molecule has 4 nitrogen and oxygen atoms in total. The van der Waals surface area contributed by atoms with Crippen LogP contribution in [0.2, 0.25) is 0 Å². The van der Waals surface area contributed by atoms with E-state index in [1.807, 2.05) is 0 Å². The normalized spacial score (nSPS) is 21.0. The monoisotopic (exact) mass is 319 g/mol. The third-order valence-corrected chi connectivity index (χ3v) is 4.97. The number of nitrogens with one attached hydrogen (secondary N) is 1. The minimum Gasteiger partial charge on any atom is -0.339 e. The molecule has 0 amide bonds. The second-order valence-electron chi connectivity index (χ2n) is 6.34. The Morgan fingerprint density at radius 3 is 2.21 bits per heavy atom. The first-order valence-electron chi connectivity index (χ1n) is 8.50. The lowest BCUT2D eigenvalue weighted by Crippen LogP contribution is -2.39. The van der Waals surface area contributed by atoms with Crippen LogP contribution in [0.5, 0.6) is 0 Å². The van der Waals surface area contributed by atoms with E-state index in [1.54, 1.807) is 0 Å². The van der Waals surface area contributed by atoms with Gasteiger partial charge in [-0.1, -0.05) is 65.8 Å². The van der Waals surface area contributed by atoms with Crippen molar-refractivity contribution < 1.29 is 4.52 Å². The molecule has 1 N–H and O–H groups in total. The lowest BCUT2D eigenvalue weighted by atomic mass is 9.71. The van der Waals surface area contributed by atoms with E-state index in [-0.39, 0.29) is 5.92 Å². The van der Waals surface area contributed by atoms with E-state index in [0.29, 0.717) is 11.8 Å². The van der Waals surface area contributed by atoms with Crippen molar-refractivity contribution in [2.75, 3.05) is 13.1 Å². The maximum Gasteiger partial charge on any atom is 0.229 e. The van der Waals surface area contributed by atoms with Gasteiger partial charge in [0, 0.05) is 11.8 Å². The Morgan fingerprint density at radius 1 is 0.958 bits per heavy atom. The quantitative estimate of drug-likeness (QED) is 0.798.